The van der Waals surface area contributed by atoms with Crippen LogP contribution in [0.2, 0.25) is 5.02 Å². The molecule has 0 unspecified atom stereocenters. The van der Waals surface area contributed by atoms with Gasteiger partial charge in [-0.2, -0.15) is 0 Å². The monoisotopic (exact) mass is 384 g/mol. The molecule has 0 aromatic heterocycles. The van der Waals surface area contributed by atoms with E-state index >= 15 is 0 Å². The summed E-state index contributed by atoms with van der Waals surface area (Å²) in [7, 11) is 0. The number of halogens is 2. The molecule has 2 saturated heterocycles. The van der Waals surface area contributed by atoms with Crippen LogP contribution in [-0.2, 0) is 11.2 Å². The summed E-state index contributed by atoms with van der Waals surface area (Å²) in [4.78, 5) is 14.5. The van der Waals surface area contributed by atoms with Gasteiger partial charge in [-0.25, -0.2) is 0 Å². The quantitative estimate of drug-likeness (QED) is 0.861. The Balaban J connectivity index is 1.51. The number of hydrogen-bond acceptors (Lipinski definition) is 2. The second-order valence-corrected chi connectivity index (χ2v) is 7.83. The van der Waals surface area contributed by atoms with Crippen LogP contribution in [0.4, 0.5) is 0 Å². The molecule has 1 N–H and O–H groups in total. The SMILES string of the molecule is O=C(CCc1cc(Cl)ccc1Br)N1CCC2(CCNC2)CC1. The predicted octanol–water partition coefficient (Wildman–Crippen LogP) is 3.64. The number of hydrogen-bond donors (Lipinski definition) is 1. The topological polar surface area (TPSA) is 32.3 Å². The summed E-state index contributed by atoms with van der Waals surface area (Å²) in [6, 6.07) is 5.74. The van der Waals surface area contributed by atoms with Gasteiger partial charge in [0.25, 0.3) is 0 Å². The molecule has 1 aromatic carbocycles. The summed E-state index contributed by atoms with van der Waals surface area (Å²) in [6.07, 6.45) is 4.86. The van der Waals surface area contributed by atoms with Crippen LogP contribution in [-0.4, -0.2) is 37.0 Å². The molecule has 0 saturated carbocycles. The molecule has 120 valence electrons. The molecule has 0 radical (unpaired) electrons. The lowest BCUT2D eigenvalue weighted by molar-refractivity contribution is -0.133. The van der Waals surface area contributed by atoms with E-state index in [0.717, 1.165) is 60.5 Å². The van der Waals surface area contributed by atoms with Gasteiger partial charge in [-0.3, -0.25) is 4.79 Å². The van der Waals surface area contributed by atoms with Crippen LogP contribution in [0, 0.1) is 5.41 Å². The maximum atomic E-state index is 12.4. The minimum absolute atomic E-state index is 0.271. The fourth-order valence-electron chi connectivity index (χ4n) is 3.59. The Bertz CT molecular complexity index is 548. The molecule has 3 rings (SSSR count). The first-order valence-corrected chi connectivity index (χ1v) is 9.18. The highest BCUT2D eigenvalue weighted by atomic mass is 79.9. The van der Waals surface area contributed by atoms with E-state index in [4.69, 9.17) is 11.6 Å². The lowest BCUT2D eigenvalue weighted by atomic mass is 9.78. The lowest BCUT2D eigenvalue weighted by Crippen LogP contribution is -2.44. The van der Waals surface area contributed by atoms with Gasteiger partial charge < -0.3 is 10.2 Å². The van der Waals surface area contributed by atoms with Gasteiger partial charge in [0, 0.05) is 35.6 Å². The number of carbonyl (C=O) groups excluding carboxylic acids is 1. The van der Waals surface area contributed by atoms with Crippen LogP contribution in [0.5, 0.6) is 0 Å². The minimum Gasteiger partial charge on any atom is -0.343 e. The molecule has 2 aliphatic heterocycles. The number of piperidine rings is 1. The molecule has 2 heterocycles. The molecule has 2 fully saturated rings. The molecule has 5 heteroatoms. The molecule has 3 nitrogen and oxygen atoms in total. The molecular formula is C17H22BrClN2O. The summed E-state index contributed by atoms with van der Waals surface area (Å²) in [5.41, 5.74) is 1.57. The number of nitrogens with zero attached hydrogens (tertiary/aromatic N) is 1. The van der Waals surface area contributed by atoms with Crippen molar-refractivity contribution < 1.29 is 4.79 Å². The Kier molecular flexibility index (Phi) is 5.10. The zero-order valence-electron chi connectivity index (χ0n) is 12.7. The van der Waals surface area contributed by atoms with Crippen molar-refractivity contribution >= 4 is 33.4 Å². The zero-order valence-corrected chi connectivity index (χ0v) is 15.0. The molecular weight excluding hydrogens is 364 g/mol. The molecule has 1 aromatic rings. The number of aryl methyl sites for hydroxylation is 1. The number of benzene rings is 1. The first-order chi connectivity index (χ1) is 10.6. The number of nitrogens with one attached hydrogen (secondary N) is 1. The average molecular weight is 386 g/mol. The van der Waals surface area contributed by atoms with Crippen LogP contribution in [0.1, 0.15) is 31.2 Å². The Morgan fingerprint density at radius 2 is 2.09 bits per heavy atom. The highest BCUT2D eigenvalue weighted by Crippen LogP contribution is 2.37. The molecule has 0 atom stereocenters. The van der Waals surface area contributed by atoms with E-state index in [1.54, 1.807) is 0 Å². The van der Waals surface area contributed by atoms with E-state index in [1.165, 1.54) is 6.42 Å². The van der Waals surface area contributed by atoms with Crippen molar-refractivity contribution in [1.82, 2.24) is 10.2 Å². The maximum Gasteiger partial charge on any atom is 0.222 e. The van der Waals surface area contributed by atoms with Crippen molar-refractivity contribution in [2.24, 2.45) is 5.41 Å². The van der Waals surface area contributed by atoms with E-state index < -0.39 is 0 Å². The molecule has 0 bridgehead atoms. The first-order valence-electron chi connectivity index (χ1n) is 8.00. The number of carbonyl (C=O) groups is 1. The number of likely N-dealkylation sites (tertiary alicyclic amines) is 1. The van der Waals surface area contributed by atoms with E-state index in [2.05, 4.69) is 21.2 Å². The summed E-state index contributed by atoms with van der Waals surface area (Å²) in [6.45, 7) is 4.09. The van der Waals surface area contributed by atoms with Crippen LogP contribution >= 0.6 is 27.5 Å². The summed E-state index contributed by atoms with van der Waals surface area (Å²) in [5, 5.41) is 4.19. The third-order valence-electron chi connectivity index (χ3n) is 5.12. The molecule has 0 aliphatic carbocycles. The molecule has 22 heavy (non-hydrogen) atoms. The van der Waals surface area contributed by atoms with Gasteiger partial charge in [0.1, 0.15) is 0 Å². The zero-order chi connectivity index (χ0) is 15.6. The van der Waals surface area contributed by atoms with Crippen LogP contribution in [0.25, 0.3) is 0 Å². The van der Waals surface area contributed by atoms with Crippen LogP contribution < -0.4 is 5.32 Å². The molecule has 2 aliphatic rings. The van der Waals surface area contributed by atoms with Gasteiger partial charge in [-0.15, -0.1) is 0 Å². The maximum absolute atomic E-state index is 12.4. The fourth-order valence-corrected chi connectivity index (χ4v) is 4.23. The number of amides is 1. The van der Waals surface area contributed by atoms with E-state index in [-0.39, 0.29) is 5.91 Å². The van der Waals surface area contributed by atoms with E-state index in [9.17, 15) is 4.79 Å². The van der Waals surface area contributed by atoms with Crippen molar-refractivity contribution in [1.29, 1.82) is 0 Å². The van der Waals surface area contributed by atoms with Gasteiger partial charge in [-0.1, -0.05) is 27.5 Å². The predicted molar refractivity (Wildman–Crippen MR) is 93.2 cm³/mol. The minimum atomic E-state index is 0.271. The van der Waals surface area contributed by atoms with Crippen molar-refractivity contribution in [2.75, 3.05) is 26.2 Å². The summed E-state index contributed by atoms with van der Waals surface area (Å²) < 4.78 is 1.03. The Hall–Kier alpha value is -0.580. The Morgan fingerprint density at radius 1 is 1.32 bits per heavy atom. The number of rotatable bonds is 3. The van der Waals surface area contributed by atoms with Crippen LogP contribution in [0.3, 0.4) is 0 Å². The smallest absolute Gasteiger partial charge is 0.222 e. The van der Waals surface area contributed by atoms with Crippen molar-refractivity contribution in [3.63, 3.8) is 0 Å². The third kappa shape index (κ3) is 3.66. The second-order valence-electron chi connectivity index (χ2n) is 6.54. The summed E-state index contributed by atoms with van der Waals surface area (Å²) in [5.74, 6) is 0.271. The van der Waals surface area contributed by atoms with Gasteiger partial charge >= 0.3 is 0 Å². The van der Waals surface area contributed by atoms with Crippen molar-refractivity contribution in [3.05, 3.63) is 33.3 Å². The first kappa shape index (κ1) is 16.3. The van der Waals surface area contributed by atoms with E-state index in [1.807, 2.05) is 23.1 Å². The van der Waals surface area contributed by atoms with Gasteiger partial charge in [0.15, 0.2) is 0 Å². The van der Waals surface area contributed by atoms with Crippen molar-refractivity contribution in [2.45, 2.75) is 32.1 Å². The fraction of sp³-hybridized carbons (Fsp3) is 0.588. The molecule has 1 amide bonds. The van der Waals surface area contributed by atoms with Gasteiger partial charge in [0.2, 0.25) is 5.91 Å². The largest absolute Gasteiger partial charge is 0.343 e. The Labute approximate surface area is 145 Å². The van der Waals surface area contributed by atoms with E-state index in [0.29, 0.717) is 11.8 Å². The highest BCUT2D eigenvalue weighted by molar-refractivity contribution is 9.10. The Morgan fingerprint density at radius 3 is 2.77 bits per heavy atom. The highest BCUT2D eigenvalue weighted by Gasteiger charge is 2.37. The third-order valence-corrected chi connectivity index (χ3v) is 6.13. The lowest BCUT2D eigenvalue weighted by Gasteiger charge is -2.39. The average Bonchev–Trinajstić information content (AvgIpc) is 2.97. The second kappa shape index (κ2) is 6.90. The van der Waals surface area contributed by atoms with Crippen LogP contribution in [0.15, 0.2) is 22.7 Å². The van der Waals surface area contributed by atoms with Gasteiger partial charge in [-0.05, 0) is 61.4 Å². The standard InChI is InChI=1S/C17H22BrClN2O/c18-15-3-2-14(19)11-13(15)1-4-16(22)21-9-6-17(7-10-21)5-8-20-12-17/h2-3,11,20H,1,4-10,12H2. The summed E-state index contributed by atoms with van der Waals surface area (Å²) >= 11 is 9.55. The molecule has 1 spiro atoms. The normalized spacial score (nSPS) is 20.5. The van der Waals surface area contributed by atoms with Crippen molar-refractivity contribution in [3.8, 4) is 0 Å². The van der Waals surface area contributed by atoms with Gasteiger partial charge in [0.05, 0.1) is 0 Å².